The second-order valence-corrected chi connectivity index (χ2v) is 7.82. The van der Waals surface area contributed by atoms with E-state index in [2.05, 4.69) is 18.3 Å². The van der Waals surface area contributed by atoms with E-state index in [1.807, 2.05) is 77.7 Å². The van der Waals surface area contributed by atoms with Crippen LogP contribution in [0.25, 0.3) is 0 Å². The Hall–Kier alpha value is -3.40. The largest absolute Gasteiger partial charge is 0.352 e. The molecule has 1 unspecified atom stereocenters. The molecule has 0 saturated carbocycles. The van der Waals surface area contributed by atoms with Gasteiger partial charge in [-0.3, -0.25) is 9.59 Å². The van der Waals surface area contributed by atoms with E-state index in [0.29, 0.717) is 18.5 Å². The van der Waals surface area contributed by atoms with Crippen molar-refractivity contribution in [1.82, 2.24) is 5.32 Å². The van der Waals surface area contributed by atoms with Gasteiger partial charge in [-0.2, -0.15) is 0 Å². The summed E-state index contributed by atoms with van der Waals surface area (Å²) in [6.07, 6.45) is 2.04. The lowest BCUT2D eigenvalue weighted by Gasteiger charge is -2.23. The number of benzene rings is 3. The lowest BCUT2D eigenvalue weighted by molar-refractivity contribution is -0.121. The summed E-state index contributed by atoms with van der Waals surface area (Å²) in [5.41, 5.74) is 4.98. The van der Waals surface area contributed by atoms with Crippen molar-refractivity contribution in [2.24, 2.45) is 0 Å². The predicted octanol–water partition coefficient (Wildman–Crippen LogP) is 4.53. The molecule has 152 valence electrons. The van der Waals surface area contributed by atoms with Crippen LogP contribution in [0, 0.1) is 0 Å². The van der Waals surface area contributed by atoms with E-state index >= 15 is 0 Å². The summed E-state index contributed by atoms with van der Waals surface area (Å²) in [6, 6.07) is 25.7. The summed E-state index contributed by atoms with van der Waals surface area (Å²) in [6.45, 7) is 2.54. The van der Waals surface area contributed by atoms with E-state index in [1.165, 1.54) is 5.56 Å². The minimum absolute atomic E-state index is 0.0193. The lowest BCUT2D eigenvalue weighted by atomic mass is 10.1. The molecule has 1 atom stereocenters. The van der Waals surface area contributed by atoms with Gasteiger partial charge in [0.15, 0.2) is 0 Å². The molecule has 0 saturated heterocycles. The van der Waals surface area contributed by atoms with Crippen LogP contribution < -0.4 is 10.2 Å². The monoisotopic (exact) mass is 398 g/mol. The minimum Gasteiger partial charge on any atom is -0.352 e. The zero-order chi connectivity index (χ0) is 20.9. The Bertz CT molecular complexity index is 1030. The highest BCUT2D eigenvalue weighted by atomic mass is 16.2. The van der Waals surface area contributed by atoms with E-state index in [9.17, 15) is 9.59 Å². The van der Waals surface area contributed by atoms with Crippen LogP contribution in [0.3, 0.4) is 0 Å². The maximum absolute atomic E-state index is 13.1. The molecule has 0 aliphatic carbocycles. The normalized spacial score (nSPS) is 15.0. The molecule has 1 heterocycles. The summed E-state index contributed by atoms with van der Waals surface area (Å²) in [7, 11) is 0. The standard InChI is InChI=1S/C26H26N2O2/c1-19-16-23-14-12-21(18-27-25(29)15-13-20-8-4-2-5-9-20)17-24(23)28(19)26(30)22-10-6-3-7-11-22/h2-12,14,17,19H,13,15-16,18H2,1H3,(H,27,29). The molecule has 4 heteroatoms. The number of hydrogen-bond acceptors (Lipinski definition) is 2. The second kappa shape index (κ2) is 8.95. The Morgan fingerprint density at radius 2 is 1.63 bits per heavy atom. The number of fused-ring (bicyclic) bond motifs is 1. The number of nitrogens with one attached hydrogen (secondary N) is 1. The lowest BCUT2D eigenvalue weighted by Crippen LogP contribution is -2.35. The number of amides is 2. The molecule has 0 spiro atoms. The van der Waals surface area contributed by atoms with Crippen molar-refractivity contribution in [2.75, 3.05) is 4.90 Å². The Morgan fingerprint density at radius 1 is 0.933 bits per heavy atom. The molecule has 3 aromatic rings. The summed E-state index contributed by atoms with van der Waals surface area (Å²) >= 11 is 0. The molecule has 1 N–H and O–H groups in total. The number of anilines is 1. The first-order valence-electron chi connectivity index (χ1n) is 10.4. The fourth-order valence-electron chi connectivity index (χ4n) is 3.98. The van der Waals surface area contributed by atoms with Gasteiger partial charge in [0.25, 0.3) is 5.91 Å². The van der Waals surface area contributed by atoms with Crippen LogP contribution >= 0.6 is 0 Å². The molecule has 2 amide bonds. The summed E-state index contributed by atoms with van der Waals surface area (Å²) in [4.78, 5) is 27.2. The SMILES string of the molecule is CC1Cc2ccc(CNC(=O)CCc3ccccc3)cc2N1C(=O)c1ccccc1. The van der Waals surface area contributed by atoms with Crippen LogP contribution in [-0.4, -0.2) is 17.9 Å². The van der Waals surface area contributed by atoms with Gasteiger partial charge in [-0.1, -0.05) is 60.7 Å². The third kappa shape index (κ3) is 4.43. The average Bonchev–Trinajstić information content (AvgIpc) is 3.12. The molecule has 0 aromatic heterocycles. The van der Waals surface area contributed by atoms with Crippen LogP contribution in [0.2, 0.25) is 0 Å². The van der Waals surface area contributed by atoms with Crippen molar-refractivity contribution in [3.63, 3.8) is 0 Å². The quantitative estimate of drug-likeness (QED) is 0.663. The van der Waals surface area contributed by atoms with Gasteiger partial charge >= 0.3 is 0 Å². The zero-order valence-electron chi connectivity index (χ0n) is 17.2. The molecular weight excluding hydrogens is 372 g/mol. The summed E-state index contributed by atoms with van der Waals surface area (Å²) in [5.74, 6) is 0.0517. The van der Waals surface area contributed by atoms with Crippen LogP contribution in [-0.2, 0) is 24.2 Å². The van der Waals surface area contributed by atoms with E-state index in [0.717, 1.165) is 29.7 Å². The molecule has 30 heavy (non-hydrogen) atoms. The van der Waals surface area contributed by atoms with Gasteiger partial charge in [-0.15, -0.1) is 0 Å². The number of hydrogen-bond donors (Lipinski definition) is 1. The van der Waals surface area contributed by atoms with Crippen molar-refractivity contribution in [2.45, 2.75) is 38.8 Å². The average molecular weight is 399 g/mol. The molecule has 4 rings (SSSR count). The second-order valence-electron chi connectivity index (χ2n) is 7.82. The van der Waals surface area contributed by atoms with Gasteiger partial charge in [0.1, 0.15) is 0 Å². The van der Waals surface area contributed by atoms with E-state index in [1.54, 1.807) is 0 Å². The predicted molar refractivity (Wildman–Crippen MR) is 119 cm³/mol. The van der Waals surface area contributed by atoms with Crippen molar-refractivity contribution < 1.29 is 9.59 Å². The zero-order valence-corrected chi connectivity index (χ0v) is 17.2. The van der Waals surface area contributed by atoms with Crippen molar-refractivity contribution in [3.8, 4) is 0 Å². The minimum atomic E-state index is 0.0193. The molecule has 1 aliphatic rings. The van der Waals surface area contributed by atoms with Crippen LogP contribution in [0.5, 0.6) is 0 Å². The molecule has 3 aromatic carbocycles. The molecular formula is C26H26N2O2. The number of carbonyl (C=O) groups is 2. The Morgan fingerprint density at radius 3 is 2.37 bits per heavy atom. The maximum Gasteiger partial charge on any atom is 0.258 e. The summed E-state index contributed by atoms with van der Waals surface area (Å²) in [5, 5.41) is 3.00. The van der Waals surface area contributed by atoms with E-state index < -0.39 is 0 Å². The van der Waals surface area contributed by atoms with Crippen molar-refractivity contribution in [1.29, 1.82) is 0 Å². The van der Waals surface area contributed by atoms with Crippen LogP contribution in [0.4, 0.5) is 5.69 Å². The fourth-order valence-corrected chi connectivity index (χ4v) is 3.98. The maximum atomic E-state index is 13.1. The first-order valence-corrected chi connectivity index (χ1v) is 10.4. The first-order chi connectivity index (χ1) is 14.6. The molecule has 0 bridgehead atoms. The third-order valence-electron chi connectivity index (χ3n) is 5.58. The highest BCUT2D eigenvalue weighted by Gasteiger charge is 2.31. The van der Waals surface area contributed by atoms with Crippen molar-refractivity contribution in [3.05, 3.63) is 101 Å². The van der Waals surface area contributed by atoms with E-state index in [-0.39, 0.29) is 17.9 Å². The number of nitrogens with zero attached hydrogens (tertiary/aromatic N) is 1. The highest BCUT2D eigenvalue weighted by Crippen LogP contribution is 2.34. The van der Waals surface area contributed by atoms with Crippen molar-refractivity contribution >= 4 is 17.5 Å². The number of aryl methyl sites for hydroxylation is 1. The summed E-state index contributed by atoms with van der Waals surface area (Å²) < 4.78 is 0. The molecule has 4 nitrogen and oxygen atoms in total. The van der Waals surface area contributed by atoms with Gasteiger partial charge in [-0.05, 0) is 54.7 Å². The Balaban J connectivity index is 1.41. The van der Waals surface area contributed by atoms with Crippen LogP contribution in [0.1, 0.15) is 40.4 Å². The van der Waals surface area contributed by atoms with E-state index in [4.69, 9.17) is 0 Å². The Labute approximate surface area is 177 Å². The number of carbonyl (C=O) groups excluding carboxylic acids is 2. The molecule has 1 aliphatic heterocycles. The van der Waals surface area contributed by atoms with Gasteiger partial charge in [-0.25, -0.2) is 0 Å². The molecule has 0 fully saturated rings. The smallest absolute Gasteiger partial charge is 0.258 e. The number of rotatable bonds is 6. The van der Waals surface area contributed by atoms with Gasteiger partial charge in [0.2, 0.25) is 5.91 Å². The molecule has 0 radical (unpaired) electrons. The topological polar surface area (TPSA) is 49.4 Å². The highest BCUT2D eigenvalue weighted by molar-refractivity contribution is 6.07. The third-order valence-corrected chi connectivity index (χ3v) is 5.58. The van der Waals surface area contributed by atoms with Crippen LogP contribution in [0.15, 0.2) is 78.9 Å². The first kappa shape index (κ1) is 19.9. The van der Waals surface area contributed by atoms with Gasteiger partial charge in [0, 0.05) is 30.3 Å². The van der Waals surface area contributed by atoms with Gasteiger partial charge in [0.05, 0.1) is 0 Å². The Kier molecular flexibility index (Phi) is 5.94. The fraction of sp³-hybridized carbons (Fsp3) is 0.231. The van der Waals surface area contributed by atoms with Gasteiger partial charge < -0.3 is 10.2 Å².